The Labute approximate surface area is 111 Å². The topological polar surface area (TPSA) is 45.7 Å². The van der Waals surface area contributed by atoms with Crippen molar-refractivity contribution < 1.29 is 9.53 Å². The Balaban J connectivity index is 2.08. The highest BCUT2D eigenvalue weighted by Crippen LogP contribution is 2.18. The van der Waals surface area contributed by atoms with E-state index in [1.807, 2.05) is 13.1 Å². The molecular weight excluding hydrogens is 254 g/mol. The van der Waals surface area contributed by atoms with Crippen LogP contribution in [0.1, 0.15) is 10.4 Å². The average molecular weight is 270 g/mol. The molecule has 5 nitrogen and oxygen atoms in total. The molecule has 0 amide bonds. The molecule has 1 aliphatic rings. The number of rotatable bonds is 2. The Kier molecular flexibility index (Phi) is 4.04. The summed E-state index contributed by atoms with van der Waals surface area (Å²) in [6.07, 6.45) is 1.53. The van der Waals surface area contributed by atoms with Gasteiger partial charge in [0.15, 0.2) is 0 Å². The summed E-state index contributed by atoms with van der Waals surface area (Å²) < 4.78 is 4.63. The molecule has 2 heterocycles. The summed E-state index contributed by atoms with van der Waals surface area (Å²) in [6.45, 7) is 2.50. The molecule has 0 aliphatic carbocycles. The van der Waals surface area contributed by atoms with Gasteiger partial charge in [-0.3, -0.25) is 4.90 Å². The molecule has 0 bridgehead atoms. The van der Waals surface area contributed by atoms with E-state index in [0.717, 1.165) is 25.5 Å². The Bertz CT molecular complexity index is 424. The van der Waals surface area contributed by atoms with Gasteiger partial charge in [-0.2, -0.15) is 0 Å². The minimum atomic E-state index is -0.373. The van der Waals surface area contributed by atoms with Gasteiger partial charge in [-0.05, 0) is 19.2 Å². The van der Waals surface area contributed by atoms with Crippen molar-refractivity contribution >= 4 is 23.4 Å². The van der Waals surface area contributed by atoms with Crippen LogP contribution in [-0.4, -0.2) is 55.1 Å². The fourth-order valence-corrected chi connectivity index (χ4v) is 2.12. The summed E-state index contributed by atoms with van der Waals surface area (Å²) in [5.41, 5.74) is 0.443. The molecule has 1 aromatic heterocycles. The van der Waals surface area contributed by atoms with Crippen LogP contribution in [0.3, 0.4) is 0 Å². The molecule has 0 radical (unpaired) electrons. The number of alkyl halides is 1. The molecule has 1 atom stereocenters. The first kappa shape index (κ1) is 13.1. The van der Waals surface area contributed by atoms with Crippen LogP contribution < -0.4 is 4.90 Å². The Hall–Kier alpha value is -1.33. The Morgan fingerprint density at radius 2 is 2.28 bits per heavy atom. The van der Waals surface area contributed by atoms with E-state index in [2.05, 4.69) is 19.5 Å². The molecule has 1 saturated heterocycles. The predicted molar refractivity (Wildman–Crippen MR) is 70.1 cm³/mol. The molecule has 2 rings (SSSR count). The van der Waals surface area contributed by atoms with Gasteiger partial charge in [0, 0.05) is 25.8 Å². The third-order valence-electron chi connectivity index (χ3n) is 3.06. The molecule has 1 unspecified atom stereocenters. The first-order valence-corrected chi connectivity index (χ1v) is 6.19. The standard InChI is InChI=1S/C12H16ClN3O2/c1-15-5-6-16(8-10(15)13)11-4-3-9(7-14-11)12(17)18-2/h3-4,7,10H,5-6,8H2,1-2H3. The zero-order chi connectivity index (χ0) is 13.1. The van der Waals surface area contributed by atoms with Gasteiger partial charge in [-0.15, -0.1) is 11.6 Å². The van der Waals surface area contributed by atoms with Gasteiger partial charge in [0.05, 0.1) is 12.7 Å². The zero-order valence-corrected chi connectivity index (χ0v) is 11.2. The summed E-state index contributed by atoms with van der Waals surface area (Å²) in [7, 11) is 3.36. The normalized spacial score (nSPS) is 20.8. The molecule has 0 saturated carbocycles. The number of hydrogen-bond acceptors (Lipinski definition) is 5. The summed E-state index contributed by atoms with van der Waals surface area (Å²) in [5, 5.41) is 0. The van der Waals surface area contributed by atoms with E-state index in [4.69, 9.17) is 11.6 Å². The van der Waals surface area contributed by atoms with Crippen LogP contribution in [0, 0.1) is 0 Å². The highest BCUT2D eigenvalue weighted by molar-refractivity contribution is 6.20. The van der Waals surface area contributed by atoms with Crippen molar-refractivity contribution in [3.8, 4) is 0 Å². The van der Waals surface area contributed by atoms with Gasteiger partial charge < -0.3 is 9.64 Å². The summed E-state index contributed by atoms with van der Waals surface area (Å²) in [4.78, 5) is 19.8. The number of aromatic nitrogens is 1. The van der Waals surface area contributed by atoms with Crippen LogP contribution in [0.2, 0.25) is 0 Å². The van der Waals surface area contributed by atoms with Crippen LogP contribution in [0.4, 0.5) is 5.82 Å². The van der Waals surface area contributed by atoms with Gasteiger partial charge >= 0.3 is 5.97 Å². The molecule has 98 valence electrons. The number of likely N-dealkylation sites (N-methyl/N-ethyl adjacent to an activating group) is 1. The molecule has 6 heteroatoms. The molecule has 18 heavy (non-hydrogen) atoms. The number of anilines is 1. The van der Waals surface area contributed by atoms with E-state index in [1.54, 1.807) is 6.07 Å². The third kappa shape index (κ3) is 2.73. The highest BCUT2D eigenvalue weighted by atomic mass is 35.5. The van der Waals surface area contributed by atoms with Gasteiger partial charge in [0.2, 0.25) is 0 Å². The lowest BCUT2D eigenvalue weighted by molar-refractivity contribution is 0.0600. The lowest BCUT2D eigenvalue weighted by Gasteiger charge is -2.36. The maximum Gasteiger partial charge on any atom is 0.339 e. The van der Waals surface area contributed by atoms with Crippen LogP contribution in [0.25, 0.3) is 0 Å². The molecule has 0 aromatic carbocycles. The number of nitrogens with zero attached hydrogens (tertiary/aromatic N) is 3. The van der Waals surface area contributed by atoms with Crippen molar-refractivity contribution in [2.45, 2.75) is 5.50 Å². The van der Waals surface area contributed by atoms with Crippen molar-refractivity contribution in [2.75, 3.05) is 38.7 Å². The maximum absolute atomic E-state index is 11.3. The van der Waals surface area contributed by atoms with Crippen molar-refractivity contribution in [1.82, 2.24) is 9.88 Å². The quantitative estimate of drug-likeness (QED) is 0.458. The number of hydrogen-bond donors (Lipinski definition) is 0. The average Bonchev–Trinajstić information content (AvgIpc) is 2.41. The van der Waals surface area contributed by atoms with Crippen LogP contribution >= 0.6 is 11.6 Å². The van der Waals surface area contributed by atoms with Crippen molar-refractivity contribution in [1.29, 1.82) is 0 Å². The van der Waals surface area contributed by atoms with Gasteiger partial charge in [-0.25, -0.2) is 9.78 Å². The van der Waals surface area contributed by atoms with Crippen LogP contribution in [0.5, 0.6) is 0 Å². The lowest BCUT2D eigenvalue weighted by Crippen LogP contribution is -2.49. The SMILES string of the molecule is COC(=O)c1ccc(N2CCN(C)C(Cl)C2)nc1. The van der Waals surface area contributed by atoms with E-state index in [9.17, 15) is 4.79 Å². The number of halogens is 1. The second kappa shape index (κ2) is 5.54. The van der Waals surface area contributed by atoms with E-state index < -0.39 is 0 Å². The number of carbonyl (C=O) groups is 1. The van der Waals surface area contributed by atoms with Gasteiger partial charge in [0.25, 0.3) is 0 Å². The van der Waals surface area contributed by atoms with Crippen molar-refractivity contribution in [2.24, 2.45) is 0 Å². The third-order valence-corrected chi connectivity index (χ3v) is 3.54. The largest absolute Gasteiger partial charge is 0.465 e. The van der Waals surface area contributed by atoms with Crippen molar-refractivity contribution in [3.05, 3.63) is 23.9 Å². The maximum atomic E-state index is 11.3. The number of esters is 1. The van der Waals surface area contributed by atoms with Crippen molar-refractivity contribution in [3.63, 3.8) is 0 Å². The second-order valence-corrected chi connectivity index (χ2v) is 4.76. The van der Waals surface area contributed by atoms with E-state index >= 15 is 0 Å². The van der Waals surface area contributed by atoms with E-state index in [-0.39, 0.29) is 11.5 Å². The van der Waals surface area contributed by atoms with E-state index in [1.165, 1.54) is 13.3 Å². The predicted octanol–water partition coefficient (Wildman–Crippen LogP) is 1.18. The number of methoxy groups -OCH3 is 1. The minimum absolute atomic E-state index is 0.0131. The van der Waals surface area contributed by atoms with Gasteiger partial charge in [0.1, 0.15) is 11.3 Å². The minimum Gasteiger partial charge on any atom is -0.465 e. The molecule has 1 aromatic rings. The summed E-state index contributed by atoms with van der Waals surface area (Å²) in [6, 6.07) is 3.54. The number of piperazine rings is 1. The molecule has 0 spiro atoms. The fourth-order valence-electron chi connectivity index (χ4n) is 1.85. The molecule has 1 fully saturated rings. The fraction of sp³-hybridized carbons (Fsp3) is 0.500. The monoisotopic (exact) mass is 269 g/mol. The highest BCUT2D eigenvalue weighted by Gasteiger charge is 2.23. The summed E-state index contributed by atoms with van der Waals surface area (Å²) >= 11 is 6.20. The van der Waals surface area contributed by atoms with Crippen LogP contribution in [0.15, 0.2) is 18.3 Å². The lowest BCUT2D eigenvalue weighted by atomic mass is 10.2. The number of ether oxygens (including phenoxy) is 1. The Morgan fingerprint density at radius 3 is 2.83 bits per heavy atom. The van der Waals surface area contributed by atoms with Crippen LogP contribution in [-0.2, 0) is 4.74 Å². The first-order valence-electron chi connectivity index (χ1n) is 5.75. The number of carbonyl (C=O) groups excluding carboxylic acids is 1. The van der Waals surface area contributed by atoms with E-state index in [0.29, 0.717) is 5.56 Å². The first-order chi connectivity index (χ1) is 8.61. The molecular formula is C12H16ClN3O2. The zero-order valence-electron chi connectivity index (χ0n) is 10.5. The summed E-state index contributed by atoms with van der Waals surface area (Å²) in [5.74, 6) is 0.462. The smallest absolute Gasteiger partial charge is 0.339 e. The van der Waals surface area contributed by atoms with Gasteiger partial charge in [-0.1, -0.05) is 0 Å². The number of pyridine rings is 1. The molecule has 0 N–H and O–H groups in total. The Morgan fingerprint density at radius 1 is 1.50 bits per heavy atom. The molecule has 1 aliphatic heterocycles. The second-order valence-electron chi connectivity index (χ2n) is 4.26.